The van der Waals surface area contributed by atoms with Gasteiger partial charge >= 0.3 is 0 Å². The molecule has 2 fully saturated rings. The maximum absolute atomic E-state index is 11.6. The number of hydrogen-bond acceptors (Lipinski definition) is 4. The molecule has 150 valence electrons. The minimum atomic E-state index is -0.681. The summed E-state index contributed by atoms with van der Waals surface area (Å²) >= 11 is 0. The van der Waals surface area contributed by atoms with E-state index in [4.69, 9.17) is 4.74 Å². The molecular formula is C24H32N2O2. The number of piperazine rings is 1. The number of hydrogen-bond donors (Lipinski definition) is 1. The van der Waals surface area contributed by atoms with E-state index in [1.54, 1.807) is 7.11 Å². The molecule has 4 nitrogen and oxygen atoms in total. The summed E-state index contributed by atoms with van der Waals surface area (Å²) in [6.07, 6.45) is 4.32. The number of rotatable bonds is 5. The Morgan fingerprint density at radius 1 is 0.964 bits per heavy atom. The molecule has 2 aromatic carbocycles. The molecule has 2 atom stereocenters. The first-order valence-electron chi connectivity index (χ1n) is 10.6. The van der Waals surface area contributed by atoms with Crippen LogP contribution in [0.1, 0.15) is 31.2 Å². The molecule has 2 aromatic rings. The molecule has 0 bridgehead atoms. The maximum Gasteiger partial charge on any atom is 0.142 e. The van der Waals surface area contributed by atoms with Crippen LogP contribution in [0.15, 0.2) is 54.6 Å². The van der Waals surface area contributed by atoms with Crippen molar-refractivity contribution in [1.29, 1.82) is 0 Å². The number of para-hydroxylation sites is 2. The topological polar surface area (TPSA) is 35.9 Å². The molecule has 4 heteroatoms. The zero-order chi connectivity index (χ0) is 19.4. The van der Waals surface area contributed by atoms with E-state index in [-0.39, 0.29) is 0 Å². The van der Waals surface area contributed by atoms with Crippen molar-refractivity contribution in [2.75, 3.05) is 44.7 Å². The molecule has 2 unspecified atom stereocenters. The first kappa shape index (κ1) is 19.3. The van der Waals surface area contributed by atoms with Gasteiger partial charge in [-0.15, -0.1) is 0 Å². The van der Waals surface area contributed by atoms with Gasteiger partial charge in [0.15, 0.2) is 0 Å². The highest BCUT2D eigenvalue weighted by Crippen LogP contribution is 2.42. The number of anilines is 1. The summed E-state index contributed by atoms with van der Waals surface area (Å²) in [5, 5.41) is 11.6. The fourth-order valence-corrected chi connectivity index (χ4v) is 4.95. The van der Waals surface area contributed by atoms with Crippen LogP contribution < -0.4 is 9.64 Å². The van der Waals surface area contributed by atoms with E-state index >= 15 is 0 Å². The van der Waals surface area contributed by atoms with Gasteiger partial charge in [0.05, 0.1) is 18.4 Å². The second kappa shape index (κ2) is 8.54. The lowest BCUT2D eigenvalue weighted by atomic mass is 9.71. The molecule has 28 heavy (non-hydrogen) atoms. The van der Waals surface area contributed by atoms with Crippen LogP contribution in [0.5, 0.6) is 5.75 Å². The molecule has 0 spiro atoms. The minimum Gasteiger partial charge on any atom is -0.495 e. The molecule has 1 saturated carbocycles. The van der Waals surface area contributed by atoms with Crippen molar-refractivity contribution < 1.29 is 9.84 Å². The van der Waals surface area contributed by atoms with Gasteiger partial charge in [0.2, 0.25) is 0 Å². The van der Waals surface area contributed by atoms with Crippen molar-refractivity contribution in [1.82, 2.24) is 4.90 Å². The van der Waals surface area contributed by atoms with E-state index in [2.05, 4.69) is 34.1 Å². The summed E-state index contributed by atoms with van der Waals surface area (Å²) in [5.41, 5.74) is 1.59. The van der Waals surface area contributed by atoms with Crippen LogP contribution in [0.3, 0.4) is 0 Å². The van der Waals surface area contributed by atoms with Crippen molar-refractivity contribution in [3.05, 3.63) is 60.2 Å². The molecule has 4 rings (SSSR count). The smallest absolute Gasteiger partial charge is 0.142 e. The molecular weight excluding hydrogens is 348 g/mol. The van der Waals surface area contributed by atoms with Crippen LogP contribution in [0.2, 0.25) is 0 Å². The summed E-state index contributed by atoms with van der Waals surface area (Å²) in [7, 11) is 1.74. The van der Waals surface area contributed by atoms with Crippen molar-refractivity contribution in [3.8, 4) is 5.75 Å². The first-order chi connectivity index (χ1) is 13.7. The van der Waals surface area contributed by atoms with Crippen LogP contribution in [0, 0.1) is 5.92 Å². The van der Waals surface area contributed by atoms with Crippen LogP contribution in [-0.2, 0) is 5.60 Å². The fourth-order valence-electron chi connectivity index (χ4n) is 4.95. The summed E-state index contributed by atoms with van der Waals surface area (Å²) in [4.78, 5) is 4.95. The third kappa shape index (κ3) is 3.89. The summed E-state index contributed by atoms with van der Waals surface area (Å²) in [5.74, 6) is 1.25. The average molecular weight is 381 g/mol. The van der Waals surface area contributed by atoms with Gasteiger partial charge in [0.25, 0.3) is 0 Å². The lowest BCUT2D eigenvalue weighted by molar-refractivity contribution is -0.0660. The Hall–Kier alpha value is -2.04. The van der Waals surface area contributed by atoms with Crippen molar-refractivity contribution in [2.24, 2.45) is 5.92 Å². The van der Waals surface area contributed by atoms with Crippen LogP contribution >= 0.6 is 0 Å². The zero-order valence-corrected chi connectivity index (χ0v) is 16.9. The number of methoxy groups -OCH3 is 1. The third-order valence-corrected chi connectivity index (χ3v) is 6.59. The SMILES string of the molecule is COc1ccccc1N1CCN(CC2CCCCC2(O)c2ccccc2)CC1. The van der Waals surface area contributed by atoms with Crippen molar-refractivity contribution >= 4 is 5.69 Å². The van der Waals surface area contributed by atoms with Crippen molar-refractivity contribution in [3.63, 3.8) is 0 Å². The zero-order valence-electron chi connectivity index (χ0n) is 16.9. The Kier molecular flexibility index (Phi) is 5.88. The normalized spacial score (nSPS) is 26.2. The largest absolute Gasteiger partial charge is 0.495 e. The molecule has 1 aliphatic heterocycles. The monoisotopic (exact) mass is 380 g/mol. The Morgan fingerprint density at radius 3 is 2.43 bits per heavy atom. The Balaban J connectivity index is 1.41. The molecule has 1 aliphatic carbocycles. The van der Waals surface area contributed by atoms with Gasteiger partial charge in [0.1, 0.15) is 5.75 Å². The minimum absolute atomic E-state index is 0.307. The van der Waals surface area contributed by atoms with Gasteiger partial charge < -0.3 is 14.7 Å². The maximum atomic E-state index is 11.6. The van der Waals surface area contributed by atoms with Gasteiger partial charge in [-0.25, -0.2) is 0 Å². The molecule has 0 amide bonds. The van der Waals surface area contributed by atoms with Gasteiger partial charge in [-0.2, -0.15) is 0 Å². The quantitative estimate of drug-likeness (QED) is 0.854. The predicted octanol–water partition coefficient (Wildman–Crippen LogP) is 3.90. The average Bonchev–Trinajstić information content (AvgIpc) is 2.76. The van der Waals surface area contributed by atoms with Crippen LogP contribution in [-0.4, -0.2) is 49.8 Å². The van der Waals surface area contributed by atoms with E-state index in [1.807, 2.05) is 30.3 Å². The van der Waals surface area contributed by atoms with Gasteiger partial charge in [0, 0.05) is 38.6 Å². The molecule has 1 heterocycles. The highest BCUT2D eigenvalue weighted by Gasteiger charge is 2.41. The summed E-state index contributed by atoms with van der Waals surface area (Å²) in [6, 6.07) is 18.6. The second-order valence-corrected chi connectivity index (χ2v) is 8.19. The predicted molar refractivity (Wildman–Crippen MR) is 114 cm³/mol. The Labute approximate surface area is 168 Å². The highest BCUT2D eigenvalue weighted by molar-refractivity contribution is 5.58. The van der Waals surface area contributed by atoms with Gasteiger partial charge in [-0.05, 0) is 30.5 Å². The first-order valence-corrected chi connectivity index (χ1v) is 10.6. The second-order valence-electron chi connectivity index (χ2n) is 8.19. The van der Waals surface area contributed by atoms with E-state index in [0.29, 0.717) is 5.92 Å². The van der Waals surface area contributed by atoms with Gasteiger partial charge in [-0.1, -0.05) is 55.3 Å². The number of aliphatic hydroxyl groups is 1. The Morgan fingerprint density at radius 2 is 1.68 bits per heavy atom. The number of ether oxygens (including phenoxy) is 1. The number of nitrogens with zero attached hydrogens (tertiary/aromatic N) is 2. The third-order valence-electron chi connectivity index (χ3n) is 6.59. The highest BCUT2D eigenvalue weighted by atomic mass is 16.5. The lowest BCUT2D eigenvalue weighted by Gasteiger charge is -2.44. The van der Waals surface area contributed by atoms with E-state index in [0.717, 1.165) is 63.3 Å². The standard InChI is InChI=1S/C24H32N2O2/c1-28-23-13-6-5-12-22(23)26-17-15-25(16-18-26)19-21-11-7-8-14-24(21,27)20-9-3-2-4-10-20/h2-6,9-10,12-13,21,27H,7-8,11,14-19H2,1H3. The van der Waals surface area contributed by atoms with E-state index in [1.165, 1.54) is 12.1 Å². The number of benzene rings is 2. The van der Waals surface area contributed by atoms with Crippen LogP contribution in [0.25, 0.3) is 0 Å². The summed E-state index contributed by atoms with van der Waals surface area (Å²) < 4.78 is 5.53. The van der Waals surface area contributed by atoms with Crippen LogP contribution in [0.4, 0.5) is 5.69 Å². The molecule has 1 N–H and O–H groups in total. The molecule has 0 radical (unpaired) electrons. The Bertz CT molecular complexity index is 758. The van der Waals surface area contributed by atoms with Gasteiger partial charge in [-0.3, -0.25) is 4.90 Å². The fraction of sp³-hybridized carbons (Fsp3) is 0.500. The van der Waals surface area contributed by atoms with Crippen molar-refractivity contribution in [2.45, 2.75) is 31.3 Å². The molecule has 1 saturated heterocycles. The molecule has 2 aliphatic rings. The summed E-state index contributed by atoms with van der Waals surface area (Å²) in [6.45, 7) is 5.03. The lowest BCUT2D eigenvalue weighted by Crippen LogP contribution is -2.51. The van der Waals surface area contributed by atoms with E-state index in [9.17, 15) is 5.11 Å². The van der Waals surface area contributed by atoms with E-state index < -0.39 is 5.60 Å². The molecule has 0 aromatic heterocycles.